The Labute approximate surface area is 186 Å². The maximum Gasteiger partial charge on any atom is 0.205 e. The topological polar surface area (TPSA) is 38.9 Å². The minimum atomic E-state index is 0.774. The maximum absolute atomic E-state index is 5.95. The Morgan fingerprint density at radius 3 is 2.35 bits per heavy atom. The Bertz CT molecular complexity index is 1300. The normalized spacial score (nSPS) is 11.9. The summed E-state index contributed by atoms with van der Waals surface area (Å²) in [5.74, 6) is 1.58. The lowest BCUT2D eigenvalue weighted by atomic mass is 9.99. The van der Waals surface area contributed by atoms with E-state index in [1.807, 2.05) is 65.5 Å². The first kappa shape index (κ1) is 20.8. The standard InChI is InChI=1S/C26H25N3OS/c1-18-13-20(3)24(14-19(18)2)25-17-31-26(27-4)29(25)28-16-21-9-8-12-23(15-21)30-22-10-6-5-7-11-22/h5-17H,1-4H3. The average molecular weight is 428 g/mol. The second kappa shape index (κ2) is 9.14. The number of aryl methyl sites for hydroxylation is 3. The van der Waals surface area contributed by atoms with Gasteiger partial charge in [-0.3, -0.25) is 4.99 Å². The average Bonchev–Trinajstić information content (AvgIpc) is 3.18. The lowest BCUT2D eigenvalue weighted by molar-refractivity contribution is 0.482. The van der Waals surface area contributed by atoms with Gasteiger partial charge in [-0.1, -0.05) is 36.4 Å². The third-order valence-electron chi connectivity index (χ3n) is 5.15. The molecule has 31 heavy (non-hydrogen) atoms. The number of nitrogens with zero attached hydrogens (tertiary/aromatic N) is 3. The maximum atomic E-state index is 5.95. The van der Waals surface area contributed by atoms with Crippen molar-refractivity contribution in [1.82, 2.24) is 4.68 Å². The van der Waals surface area contributed by atoms with Crippen LogP contribution in [-0.2, 0) is 0 Å². The number of thiazole rings is 1. The van der Waals surface area contributed by atoms with Gasteiger partial charge in [-0.05, 0) is 73.4 Å². The van der Waals surface area contributed by atoms with Crippen molar-refractivity contribution in [3.63, 3.8) is 0 Å². The smallest absolute Gasteiger partial charge is 0.205 e. The van der Waals surface area contributed by atoms with Crippen molar-refractivity contribution in [3.8, 4) is 22.8 Å². The van der Waals surface area contributed by atoms with Crippen LogP contribution in [0.5, 0.6) is 11.5 Å². The third kappa shape index (κ3) is 4.67. The zero-order valence-electron chi connectivity index (χ0n) is 18.2. The van der Waals surface area contributed by atoms with E-state index >= 15 is 0 Å². The molecule has 0 radical (unpaired) electrons. The number of hydrogen-bond acceptors (Lipinski definition) is 4. The molecule has 4 rings (SSSR count). The van der Waals surface area contributed by atoms with E-state index in [-0.39, 0.29) is 0 Å². The van der Waals surface area contributed by atoms with Gasteiger partial charge in [0.05, 0.1) is 11.9 Å². The molecule has 0 saturated carbocycles. The van der Waals surface area contributed by atoms with Crippen LogP contribution in [-0.4, -0.2) is 17.9 Å². The second-order valence-electron chi connectivity index (χ2n) is 7.42. The molecule has 4 aromatic rings. The summed E-state index contributed by atoms with van der Waals surface area (Å²) < 4.78 is 7.86. The van der Waals surface area contributed by atoms with Crippen molar-refractivity contribution >= 4 is 17.6 Å². The van der Waals surface area contributed by atoms with Gasteiger partial charge in [0.1, 0.15) is 11.5 Å². The molecule has 3 aromatic carbocycles. The molecule has 0 aliphatic heterocycles. The van der Waals surface area contributed by atoms with Crippen molar-refractivity contribution in [3.05, 3.63) is 99.2 Å². The largest absolute Gasteiger partial charge is 0.457 e. The van der Waals surface area contributed by atoms with Gasteiger partial charge in [0.25, 0.3) is 0 Å². The van der Waals surface area contributed by atoms with Crippen molar-refractivity contribution in [2.24, 2.45) is 10.1 Å². The van der Waals surface area contributed by atoms with Crippen LogP contribution in [0.2, 0.25) is 0 Å². The predicted octanol–water partition coefficient (Wildman–Crippen LogP) is 6.35. The summed E-state index contributed by atoms with van der Waals surface area (Å²) in [6.45, 7) is 6.42. The molecule has 0 bridgehead atoms. The highest BCUT2D eigenvalue weighted by molar-refractivity contribution is 7.07. The molecule has 0 saturated heterocycles. The molecule has 1 heterocycles. The molecule has 4 nitrogen and oxygen atoms in total. The molecule has 1 aromatic heterocycles. The van der Waals surface area contributed by atoms with Gasteiger partial charge in [-0.2, -0.15) is 5.10 Å². The molecule has 5 heteroatoms. The van der Waals surface area contributed by atoms with Crippen LogP contribution < -0.4 is 9.54 Å². The summed E-state index contributed by atoms with van der Waals surface area (Å²) in [7, 11) is 1.79. The Balaban J connectivity index is 1.68. The van der Waals surface area contributed by atoms with Crippen LogP contribution in [0.4, 0.5) is 0 Å². The van der Waals surface area contributed by atoms with Crippen LogP contribution in [0.1, 0.15) is 22.3 Å². The first-order valence-corrected chi connectivity index (χ1v) is 11.0. The van der Waals surface area contributed by atoms with E-state index in [0.29, 0.717) is 0 Å². The Kier molecular flexibility index (Phi) is 6.14. The number of para-hydroxylation sites is 1. The number of ether oxygens (including phenoxy) is 1. The lowest BCUT2D eigenvalue weighted by Crippen LogP contribution is -2.12. The minimum absolute atomic E-state index is 0.774. The van der Waals surface area contributed by atoms with E-state index in [1.165, 1.54) is 22.3 Å². The van der Waals surface area contributed by atoms with Crippen molar-refractivity contribution < 1.29 is 4.74 Å². The van der Waals surface area contributed by atoms with Crippen LogP contribution in [0.25, 0.3) is 11.3 Å². The molecule has 0 aliphatic rings. The number of rotatable bonds is 5. The first-order valence-electron chi connectivity index (χ1n) is 10.1. The van der Waals surface area contributed by atoms with Crippen LogP contribution in [0.3, 0.4) is 0 Å². The first-order chi connectivity index (χ1) is 15.0. The Morgan fingerprint density at radius 2 is 1.58 bits per heavy atom. The van der Waals surface area contributed by atoms with Crippen molar-refractivity contribution in [2.75, 3.05) is 7.05 Å². The van der Waals surface area contributed by atoms with Gasteiger partial charge in [-0.15, -0.1) is 11.3 Å². The fourth-order valence-corrected chi connectivity index (χ4v) is 4.19. The fourth-order valence-electron chi connectivity index (χ4n) is 3.39. The predicted molar refractivity (Wildman–Crippen MR) is 129 cm³/mol. The molecule has 0 N–H and O–H groups in total. The number of benzene rings is 3. The SMILES string of the molecule is CN=c1scc(-c2cc(C)c(C)cc2C)n1N=Cc1cccc(Oc2ccccc2)c1. The zero-order chi connectivity index (χ0) is 21.8. The van der Waals surface area contributed by atoms with Crippen LogP contribution in [0.15, 0.2) is 82.2 Å². The van der Waals surface area contributed by atoms with Crippen LogP contribution >= 0.6 is 11.3 Å². The van der Waals surface area contributed by atoms with Gasteiger partial charge in [-0.25, -0.2) is 4.68 Å². The fraction of sp³-hybridized carbons (Fsp3) is 0.154. The highest BCUT2D eigenvalue weighted by Crippen LogP contribution is 2.27. The van der Waals surface area contributed by atoms with E-state index in [9.17, 15) is 0 Å². The van der Waals surface area contributed by atoms with Crippen molar-refractivity contribution in [2.45, 2.75) is 20.8 Å². The van der Waals surface area contributed by atoms with Gasteiger partial charge >= 0.3 is 0 Å². The summed E-state index contributed by atoms with van der Waals surface area (Å²) in [6.07, 6.45) is 1.85. The summed E-state index contributed by atoms with van der Waals surface area (Å²) in [4.78, 5) is 5.26. The molecule has 156 valence electrons. The number of hydrogen-bond donors (Lipinski definition) is 0. The molecule has 0 fully saturated rings. The van der Waals surface area contributed by atoms with Gasteiger partial charge in [0.15, 0.2) is 0 Å². The summed E-state index contributed by atoms with van der Waals surface area (Å²) in [5, 5.41) is 6.89. The zero-order valence-corrected chi connectivity index (χ0v) is 19.0. The van der Waals surface area contributed by atoms with E-state index in [1.54, 1.807) is 18.4 Å². The number of aromatic nitrogens is 1. The summed E-state index contributed by atoms with van der Waals surface area (Å²) in [5.41, 5.74) is 6.96. The lowest BCUT2D eigenvalue weighted by Gasteiger charge is -2.10. The molecule has 0 atom stereocenters. The monoisotopic (exact) mass is 427 g/mol. The second-order valence-corrected chi connectivity index (χ2v) is 8.26. The van der Waals surface area contributed by atoms with E-state index < -0.39 is 0 Å². The van der Waals surface area contributed by atoms with E-state index in [4.69, 9.17) is 9.84 Å². The third-order valence-corrected chi connectivity index (χ3v) is 6.06. The van der Waals surface area contributed by atoms with Gasteiger partial charge in [0.2, 0.25) is 4.80 Å². The Hall–Kier alpha value is -3.44. The summed E-state index contributed by atoms with van der Waals surface area (Å²) >= 11 is 1.59. The quantitative estimate of drug-likeness (QED) is 0.342. The van der Waals surface area contributed by atoms with Gasteiger partial charge in [0, 0.05) is 18.0 Å². The van der Waals surface area contributed by atoms with Crippen molar-refractivity contribution in [1.29, 1.82) is 0 Å². The Morgan fingerprint density at radius 1 is 0.839 bits per heavy atom. The minimum Gasteiger partial charge on any atom is -0.457 e. The van der Waals surface area contributed by atoms with E-state index in [2.05, 4.69) is 43.3 Å². The van der Waals surface area contributed by atoms with Crippen LogP contribution in [0, 0.1) is 20.8 Å². The molecule has 0 amide bonds. The summed E-state index contributed by atoms with van der Waals surface area (Å²) in [6, 6.07) is 22.1. The molecule has 0 aliphatic carbocycles. The van der Waals surface area contributed by atoms with E-state index in [0.717, 1.165) is 27.6 Å². The molecule has 0 spiro atoms. The molecule has 0 unspecified atom stereocenters. The molecular weight excluding hydrogens is 402 g/mol. The highest BCUT2D eigenvalue weighted by Gasteiger charge is 2.11. The highest BCUT2D eigenvalue weighted by atomic mass is 32.1. The van der Waals surface area contributed by atoms with Gasteiger partial charge < -0.3 is 4.74 Å². The molecular formula is C26H25N3OS.